The third kappa shape index (κ3) is 3.44. The van der Waals surface area contributed by atoms with Gasteiger partial charge in [-0.15, -0.1) is 0 Å². The minimum Gasteiger partial charge on any atom is -0.432 e. The Balaban J connectivity index is 1.99. The van der Waals surface area contributed by atoms with Crippen molar-refractivity contribution in [1.82, 2.24) is 14.5 Å². The molecule has 0 aliphatic carbocycles. The lowest BCUT2D eigenvalue weighted by Gasteiger charge is -2.30. The molecule has 0 spiro atoms. The molecule has 0 bridgehead atoms. The predicted octanol–water partition coefficient (Wildman–Crippen LogP) is 0.997. The molecule has 1 saturated heterocycles. The van der Waals surface area contributed by atoms with E-state index in [9.17, 15) is 5.11 Å². The lowest BCUT2D eigenvalue weighted by Crippen LogP contribution is -2.46. The second kappa shape index (κ2) is 7.69. The van der Waals surface area contributed by atoms with Crippen LogP contribution in [0.25, 0.3) is 11.0 Å². The molecule has 1 N–H and O–H groups in total. The highest BCUT2D eigenvalue weighted by Crippen LogP contribution is 2.42. The van der Waals surface area contributed by atoms with Crippen LogP contribution in [0.1, 0.15) is 13.2 Å². The molecule has 3 rings (SSSR count). The van der Waals surface area contributed by atoms with Crippen LogP contribution in [-0.2, 0) is 14.1 Å². The zero-order valence-electron chi connectivity index (χ0n) is 15.7. The van der Waals surface area contributed by atoms with Gasteiger partial charge in [0.25, 0.3) is 7.45 Å². The van der Waals surface area contributed by atoms with Gasteiger partial charge in [0.05, 0.1) is 12.0 Å². The summed E-state index contributed by atoms with van der Waals surface area (Å²) < 4.78 is 34.5. The summed E-state index contributed by atoms with van der Waals surface area (Å²) in [6.45, 7) is 3.41. The maximum absolute atomic E-state index is 11.2. The Bertz CT molecular complexity index is 816. The Kier molecular flexibility index (Phi) is 5.16. The van der Waals surface area contributed by atoms with Gasteiger partial charge in [-0.25, -0.2) is 9.97 Å². The predicted molar refractivity (Wildman–Crippen MR) is 106 cm³/mol. The van der Waals surface area contributed by atoms with Crippen LogP contribution in [0.5, 0.6) is 0 Å². The van der Waals surface area contributed by atoms with Crippen molar-refractivity contribution >= 4 is 60.5 Å². The Morgan fingerprint density at radius 2 is 2.48 bits per heavy atom. The van der Waals surface area contributed by atoms with Gasteiger partial charge in [-0.1, -0.05) is 18.4 Å². The molecule has 4 atom stereocenters. The van der Waals surface area contributed by atoms with Crippen LogP contribution in [0.15, 0.2) is 12.5 Å². The van der Waals surface area contributed by atoms with Gasteiger partial charge >= 0.3 is 0 Å². The van der Waals surface area contributed by atoms with E-state index in [1.54, 1.807) is 24.5 Å². The first-order valence-corrected chi connectivity index (χ1v) is 9.13. The van der Waals surface area contributed by atoms with Gasteiger partial charge in [0, 0.05) is 17.6 Å². The summed E-state index contributed by atoms with van der Waals surface area (Å²) in [5.41, 5.74) is -0.927. The summed E-state index contributed by atoms with van der Waals surface area (Å²) in [6.07, 6.45) is 0.892. The van der Waals surface area contributed by atoms with E-state index in [0.29, 0.717) is 16.2 Å². The Hall–Kier alpha value is -0.390. The Morgan fingerprint density at radius 3 is 3.20 bits per heavy atom. The van der Waals surface area contributed by atoms with Crippen molar-refractivity contribution < 1.29 is 19.2 Å². The van der Waals surface area contributed by atoms with Gasteiger partial charge in [0.1, 0.15) is 42.7 Å². The van der Waals surface area contributed by atoms with Crippen LogP contribution in [0.4, 0.5) is 0 Å². The van der Waals surface area contributed by atoms with E-state index in [-0.39, 0.29) is 13.1 Å². The summed E-state index contributed by atoms with van der Waals surface area (Å²) in [5, 5.41) is 12.2. The van der Waals surface area contributed by atoms with E-state index in [2.05, 4.69) is 32.6 Å². The highest BCUT2D eigenvalue weighted by molar-refractivity contribution is 14.1. The van der Waals surface area contributed by atoms with Gasteiger partial charge < -0.3 is 23.8 Å². The van der Waals surface area contributed by atoms with Gasteiger partial charge in [-0.2, -0.15) is 0 Å². The first-order valence-electron chi connectivity index (χ1n) is 8.82. The van der Waals surface area contributed by atoms with Gasteiger partial charge in [-0.3, -0.25) is 0 Å². The summed E-state index contributed by atoms with van der Waals surface area (Å²) >= 11 is 8.33. The van der Waals surface area contributed by atoms with Crippen molar-refractivity contribution in [3.05, 3.63) is 21.2 Å². The van der Waals surface area contributed by atoms with Crippen molar-refractivity contribution in [1.29, 1.82) is 2.67 Å². The quantitative estimate of drug-likeness (QED) is 0.277. The number of hydrogen-bond acceptors (Lipinski definition) is 6. The number of halogens is 2. The van der Waals surface area contributed by atoms with Crippen LogP contribution < -0.4 is 0 Å². The van der Waals surface area contributed by atoms with Gasteiger partial charge in [-0.05, 0) is 30.9 Å². The first-order chi connectivity index (χ1) is 12.8. The van der Waals surface area contributed by atoms with Crippen LogP contribution in [-0.4, -0.2) is 68.5 Å². The highest BCUT2D eigenvalue weighted by atomic mass is 127. The summed E-state index contributed by atoms with van der Waals surface area (Å²) in [4.78, 5) is 8.30. The average Bonchev–Trinajstić information content (AvgIpc) is 3.04. The molecule has 3 heterocycles. The fraction of sp³-hybridized carbons (Fsp3) is 0.571. The Morgan fingerprint density at radius 1 is 1.68 bits per heavy atom. The van der Waals surface area contributed by atoms with E-state index >= 15 is 0 Å². The number of aromatic nitrogens is 3. The number of aliphatic hydroxyl groups is 1. The molecular weight excluding hydrogens is 458 g/mol. The molecule has 11 heteroatoms. The van der Waals surface area contributed by atoms with Crippen LogP contribution in [0, 0.1) is 3.57 Å². The molecule has 7 nitrogen and oxygen atoms in total. The monoisotopic (exact) mass is 478 g/mol. The van der Waals surface area contributed by atoms with Crippen molar-refractivity contribution in [2.75, 3.05) is 13.1 Å². The number of rotatable bonds is 7. The number of fused-ring (bicyclic) bond motifs is 1. The molecule has 1 fully saturated rings. The molecular formula is C14H18B2ClIN3O4. The van der Waals surface area contributed by atoms with Crippen LogP contribution >= 0.6 is 34.2 Å². The smallest absolute Gasteiger partial charge is 0.272 e. The van der Waals surface area contributed by atoms with Crippen molar-refractivity contribution in [3.63, 3.8) is 0 Å². The summed E-state index contributed by atoms with van der Waals surface area (Å²) in [5.74, 6) is 0. The SMILES string of the molecule is [2H][B]COC[C@H]1O[C@@H](n2cc(I)c3c(Cl)ncnc32)C(C)(O)[C@@H]1OB([2H])C. The normalized spacial score (nSPS) is 30.4. The zero-order chi connectivity index (χ0) is 19.8. The van der Waals surface area contributed by atoms with E-state index in [4.69, 9.17) is 28.4 Å². The van der Waals surface area contributed by atoms with E-state index in [1.807, 2.05) is 0 Å². The molecule has 2 aromatic heterocycles. The zero-order valence-corrected chi connectivity index (χ0v) is 16.6. The van der Waals surface area contributed by atoms with Gasteiger partial charge in [0.2, 0.25) is 0 Å². The molecule has 0 aromatic carbocycles. The highest BCUT2D eigenvalue weighted by Gasteiger charge is 2.54. The molecule has 1 radical (unpaired) electrons. The molecule has 0 amide bonds. The summed E-state index contributed by atoms with van der Waals surface area (Å²) in [6, 6.07) is 0. The first kappa shape index (κ1) is 16.8. The number of ether oxygens (including phenoxy) is 2. The minimum atomic E-state index is -1.46. The number of nitrogens with zero attached hydrogens (tertiary/aromatic N) is 3. The topological polar surface area (TPSA) is 78.6 Å². The molecule has 25 heavy (non-hydrogen) atoms. The lowest BCUT2D eigenvalue weighted by molar-refractivity contribution is -0.0934. The van der Waals surface area contributed by atoms with Crippen molar-refractivity contribution in [2.24, 2.45) is 0 Å². The largest absolute Gasteiger partial charge is 0.432 e. The lowest BCUT2D eigenvalue weighted by atomic mass is 9.93. The Labute approximate surface area is 168 Å². The van der Waals surface area contributed by atoms with E-state index < -0.39 is 31.5 Å². The van der Waals surface area contributed by atoms with Crippen molar-refractivity contribution in [2.45, 2.75) is 37.8 Å². The van der Waals surface area contributed by atoms with Crippen LogP contribution in [0.3, 0.4) is 0 Å². The standard InChI is InChI=1S/C14H18B2ClIN3O4/c1-14(22)10(25-16-2)8(4-23-5-15)24-13(14)21-3-7(18)9-11(17)19-6-20-12(9)21/h3,6,8,10,13,15-16,22H,4-5H2,1-2H3/t8-,10-,13-,14?/m1/s1/i15D,16D. The van der Waals surface area contributed by atoms with E-state index in [1.165, 1.54) is 6.33 Å². The third-order valence-electron chi connectivity index (χ3n) is 4.17. The van der Waals surface area contributed by atoms with E-state index in [0.717, 1.165) is 11.4 Å². The second-order valence-corrected chi connectivity index (χ2v) is 7.35. The van der Waals surface area contributed by atoms with Gasteiger partial charge in [0.15, 0.2) is 6.23 Å². The molecule has 0 saturated carbocycles. The fourth-order valence-electron chi connectivity index (χ4n) is 3.10. The number of hydrogen-bond donors (Lipinski definition) is 1. The molecule has 133 valence electrons. The fourth-order valence-corrected chi connectivity index (χ4v) is 4.29. The molecule has 1 aliphatic rings. The molecule has 1 aliphatic heterocycles. The summed E-state index contributed by atoms with van der Waals surface area (Å²) in [7, 11) is 0.279. The average molecular weight is 478 g/mol. The maximum Gasteiger partial charge on any atom is 0.272 e. The maximum atomic E-state index is 11.2. The third-order valence-corrected chi connectivity index (χ3v) is 5.27. The molecule has 2 aromatic rings. The molecule has 1 unspecified atom stereocenters. The van der Waals surface area contributed by atoms with Crippen molar-refractivity contribution in [3.8, 4) is 0 Å². The second-order valence-electron chi connectivity index (χ2n) is 5.83. The minimum absolute atomic E-state index is 0.117. The van der Waals surface area contributed by atoms with Crippen LogP contribution in [0.2, 0.25) is 12.0 Å².